The standard InChI is InChI=1S/C31H40F2N3O14P/c1-18(2)49-30(41)45-16-47-51(43,48-17-46-31(42)50-19(3)4)11-9-35-14-22(8-10-44-5)36-15-23(26(37)27(38)25(36)29(35)40)28(39)34-13-20-6-7-21(32)12-24(20)33/h6-7,12,15,18-19,22,38H,8-11,13-14,16-17H2,1-5H3,(H,34,39)/t22-/m0/s1. The highest BCUT2D eigenvalue weighted by Gasteiger charge is 2.37. The number of aromatic nitrogens is 1. The summed E-state index contributed by atoms with van der Waals surface area (Å²) in [6.07, 6.45) is -2.57. The Kier molecular flexibility index (Phi) is 14.9. The SMILES string of the molecule is COCC[C@H]1CN(CCP(=O)(OCOC(=O)OC(C)C)OCOC(=O)OC(C)C)C(=O)c2c(O)c(=O)c(C(=O)NCc3ccc(F)cc3F)cn21. The van der Waals surface area contributed by atoms with Crippen molar-refractivity contribution in [2.24, 2.45) is 0 Å². The number of amides is 2. The van der Waals surface area contributed by atoms with Gasteiger partial charge in [0.25, 0.3) is 11.8 Å². The summed E-state index contributed by atoms with van der Waals surface area (Å²) in [5, 5.41) is 13.3. The first-order chi connectivity index (χ1) is 24.0. The number of carbonyl (C=O) groups is 4. The van der Waals surface area contributed by atoms with E-state index in [2.05, 4.69) is 5.32 Å². The van der Waals surface area contributed by atoms with E-state index >= 15 is 0 Å². The van der Waals surface area contributed by atoms with Crippen molar-refractivity contribution in [1.29, 1.82) is 0 Å². The van der Waals surface area contributed by atoms with E-state index in [1.54, 1.807) is 27.7 Å². The van der Waals surface area contributed by atoms with E-state index in [1.807, 2.05) is 0 Å². The second kappa shape index (κ2) is 18.6. The highest BCUT2D eigenvalue weighted by atomic mass is 31.2. The molecule has 0 saturated carbocycles. The van der Waals surface area contributed by atoms with E-state index in [1.165, 1.54) is 11.7 Å². The maximum atomic E-state index is 14.1. The molecular formula is C31H40F2N3O14P. The fourth-order valence-corrected chi connectivity index (χ4v) is 5.89. The Morgan fingerprint density at radius 1 is 1.02 bits per heavy atom. The third-order valence-corrected chi connectivity index (χ3v) is 8.78. The highest BCUT2D eigenvalue weighted by molar-refractivity contribution is 7.53. The summed E-state index contributed by atoms with van der Waals surface area (Å²) in [4.78, 5) is 64.5. The molecule has 0 unspecified atom stereocenters. The number of ether oxygens (including phenoxy) is 5. The summed E-state index contributed by atoms with van der Waals surface area (Å²) < 4.78 is 77.0. The topological polar surface area (TPSA) is 207 Å². The monoisotopic (exact) mass is 747 g/mol. The zero-order valence-electron chi connectivity index (χ0n) is 28.6. The zero-order valence-corrected chi connectivity index (χ0v) is 29.4. The summed E-state index contributed by atoms with van der Waals surface area (Å²) in [6.45, 7) is 3.72. The molecule has 1 aromatic carbocycles. The molecule has 0 aliphatic carbocycles. The number of hydrogen-bond acceptors (Lipinski definition) is 14. The first-order valence-electron chi connectivity index (χ1n) is 15.6. The third kappa shape index (κ3) is 11.7. The summed E-state index contributed by atoms with van der Waals surface area (Å²) in [7, 11) is -2.89. The van der Waals surface area contributed by atoms with Gasteiger partial charge in [0.15, 0.2) is 11.4 Å². The molecule has 17 nitrogen and oxygen atoms in total. The molecule has 2 aromatic rings. The number of fused-ring (bicyclic) bond motifs is 1. The third-order valence-electron chi connectivity index (χ3n) is 7.04. The van der Waals surface area contributed by atoms with Crippen LogP contribution in [0.1, 0.15) is 66.6 Å². The van der Waals surface area contributed by atoms with Crippen LogP contribution in [0.25, 0.3) is 0 Å². The van der Waals surface area contributed by atoms with Crippen LogP contribution in [0.4, 0.5) is 18.4 Å². The summed E-state index contributed by atoms with van der Waals surface area (Å²) >= 11 is 0. The van der Waals surface area contributed by atoms with E-state index in [-0.39, 0.29) is 31.7 Å². The van der Waals surface area contributed by atoms with Crippen LogP contribution in [-0.2, 0) is 43.8 Å². The van der Waals surface area contributed by atoms with E-state index in [9.17, 15) is 42.4 Å². The number of benzene rings is 1. The Morgan fingerprint density at radius 3 is 2.18 bits per heavy atom. The Hall–Kier alpha value is -4.58. The molecule has 2 heterocycles. The molecule has 1 aliphatic heterocycles. The number of nitrogens with one attached hydrogen (secondary N) is 1. The van der Waals surface area contributed by atoms with Crippen molar-refractivity contribution in [3.63, 3.8) is 0 Å². The van der Waals surface area contributed by atoms with Gasteiger partial charge in [-0.2, -0.15) is 0 Å². The van der Waals surface area contributed by atoms with E-state index in [4.69, 9.17) is 32.7 Å². The van der Waals surface area contributed by atoms with Crippen molar-refractivity contribution in [3.05, 3.63) is 63.1 Å². The molecule has 51 heavy (non-hydrogen) atoms. The summed E-state index contributed by atoms with van der Waals surface area (Å²) in [5.74, 6) is -4.69. The molecule has 2 amide bonds. The van der Waals surface area contributed by atoms with Crippen molar-refractivity contribution in [3.8, 4) is 5.75 Å². The molecule has 2 N–H and O–H groups in total. The molecule has 20 heteroatoms. The van der Waals surface area contributed by atoms with E-state index in [0.29, 0.717) is 6.07 Å². The highest BCUT2D eigenvalue weighted by Crippen LogP contribution is 2.48. The van der Waals surface area contributed by atoms with Gasteiger partial charge in [-0.05, 0) is 40.2 Å². The Balaban J connectivity index is 1.83. The molecule has 0 bridgehead atoms. The minimum absolute atomic E-state index is 0.0646. The molecular weight excluding hydrogens is 707 g/mol. The predicted molar refractivity (Wildman–Crippen MR) is 171 cm³/mol. The van der Waals surface area contributed by atoms with Crippen molar-refractivity contribution in [1.82, 2.24) is 14.8 Å². The number of pyridine rings is 1. The summed E-state index contributed by atoms with van der Waals surface area (Å²) in [6, 6.07) is 2.04. The van der Waals surface area contributed by atoms with Crippen molar-refractivity contribution in [2.45, 2.75) is 58.9 Å². The molecule has 0 spiro atoms. The van der Waals surface area contributed by atoms with Crippen LogP contribution >= 0.6 is 7.60 Å². The number of hydrogen-bond donors (Lipinski definition) is 2. The lowest BCUT2D eigenvalue weighted by Gasteiger charge is -2.37. The van der Waals surface area contributed by atoms with Crippen LogP contribution < -0.4 is 10.7 Å². The van der Waals surface area contributed by atoms with Gasteiger partial charge >= 0.3 is 19.9 Å². The lowest BCUT2D eigenvalue weighted by atomic mass is 10.1. The van der Waals surface area contributed by atoms with Gasteiger partial charge in [0.2, 0.25) is 19.0 Å². The lowest BCUT2D eigenvalue weighted by Crippen LogP contribution is -2.46. The molecule has 1 aromatic heterocycles. The average molecular weight is 748 g/mol. The van der Waals surface area contributed by atoms with Gasteiger partial charge in [-0.3, -0.25) is 28.0 Å². The molecule has 0 radical (unpaired) electrons. The molecule has 1 atom stereocenters. The van der Waals surface area contributed by atoms with E-state index < -0.39 is 110 Å². The second-order valence-electron chi connectivity index (χ2n) is 11.5. The Morgan fingerprint density at radius 2 is 1.63 bits per heavy atom. The first-order valence-corrected chi connectivity index (χ1v) is 17.3. The van der Waals surface area contributed by atoms with Gasteiger partial charge in [-0.1, -0.05) is 6.07 Å². The van der Waals surface area contributed by atoms with Crippen LogP contribution in [0.2, 0.25) is 0 Å². The van der Waals surface area contributed by atoms with Crippen molar-refractivity contribution in [2.75, 3.05) is 46.6 Å². The molecule has 3 rings (SSSR count). The van der Waals surface area contributed by atoms with Gasteiger partial charge in [0, 0.05) is 51.2 Å². The Bertz CT molecular complexity index is 1650. The van der Waals surface area contributed by atoms with Gasteiger partial charge < -0.3 is 43.6 Å². The van der Waals surface area contributed by atoms with Crippen LogP contribution in [0.15, 0.2) is 29.2 Å². The predicted octanol–water partition coefficient (Wildman–Crippen LogP) is 4.06. The van der Waals surface area contributed by atoms with Gasteiger partial charge in [0.1, 0.15) is 17.2 Å². The maximum absolute atomic E-state index is 14.1. The van der Waals surface area contributed by atoms with Crippen molar-refractivity contribution >= 4 is 31.7 Å². The smallest absolute Gasteiger partial charge is 0.503 e. The number of nitrogens with zero attached hydrogens (tertiary/aromatic N) is 2. The van der Waals surface area contributed by atoms with Gasteiger partial charge in [-0.25, -0.2) is 18.4 Å². The maximum Gasteiger partial charge on any atom is 0.510 e. The molecule has 282 valence electrons. The molecule has 0 saturated heterocycles. The quantitative estimate of drug-likeness (QED) is 0.133. The van der Waals surface area contributed by atoms with Gasteiger partial charge in [0.05, 0.1) is 24.4 Å². The van der Waals surface area contributed by atoms with Crippen LogP contribution in [0.5, 0.6) is 5.75 Å². The number of halogens is 2. The van der Waals surface area contributed by atoms with Crippen LogP contribution in [0.3, 0.4) is 0 Å². The second-order valence-corrected chi connectivity index (χ2v) is 13.7. The zero-order chi connectivity index (χ0) is 37.9. The minimum atomic E-state index is -4.32. The first kappa shape index (κ1) is 40.8. The van der Waals surface area contributed by atoms with Crippen molar-refractivity contribution < 1.29 is 70.4 Å². The number of rotatable bonds is 17. The molecule has 1 aliphatic rings. The summed E-state index contributed by atoms with van der Waals surface area (Å²) in [5.41, 5.74) is -2.30. The minimum Gasteiger partial charge on any atom is -0.503 e. The van der Waals surface area contributed by atoms with Crippen LogP contribution in [-0.4, -0.2) is 97.5 Å². The van der Waals surface area contributed by atoms with Gasteiger partial charge in [-0.15, -0.1) is 0 Å². The lowest BCUT2D eigenvalue weighted by molar-refractivity contribution is -0.0303. The largest absolute Gasteiger partial charge is 0.510 e. The number of aromatic hydroxyl groups is 1. The fourth-order valence-electron chi connectivity index (χ4n) is 4.64. The fraction of sp³-hybridized carbons (Fsp3) is 0.516. The molecule has 0 fully saturated rings. The average Bonchev–Trinajstić information content (AvgIpc) is 3.04. The van der Waals surface area contributed by atoms with Crippen LogP contribution in [0, 0.1) is 11.6 Å². The van der Waals surface area contributed by atoms with E-state index in [0.717, 1.165) is 23.2 Å². The normalized spacial score (nSPS) is 14.3. The Labute approximate surface area is 291 Å². The number of methoxy groups -OCH3 is 1. The number of carbonyl (C=O) groups excluding carboxylic acids is 4.